The molecule has 9 nitrogen and oxygen atoms in total. The van der Waals surface area contributed by atoms with Gasteiger partial charge in [-0.25, -0.2) is 0 Å². The van der Waals surface area contributed by atoms with Crippen LogP contribution in [0.4, 0.5) is 11.4 Å². The number of nitrogens with zero attached hydrogens (tertiary/aromatic N) is 2. The molecule has 1 rings (SSSR count). The molecule has 0 saturated heterocycles. The highest BCUT2D eigenvalue weighted by atomic mass is 16.6. The van der Waals surface area contributed by atoms with E-state index < -0.39 is 16.9 Å². The quantitative estimate of drug-likeness (QED) is 0.412. The molecule has 0 aliphatic heterocycles. The molecule has 120 valence electrons. The number of nitro groups is 1. The zero-order valence-corrected chi connectivity index (χ0v) is 12.4. The van der Waals surface area contributed by atoms with E-state index in [2.05, 4.69) is 9.47 Å². The van der Waals surface area contributed by atoms with Gasteiger partial charge in [0.2, 0.25) is 0 Å². The van der Waals surface area contributed by atoms with Gasteiger partial charge in [0.25, 0.3) is 5.69 Å². The number of non-ortho nitro benzene ring substituents is 1. The van der Waals surface area contributed by atoms with Gasteiger partial charge >= 0.3 is 11.9 Å². The molecule has 0 aromatic heterocycles. The van der Waals surface area contributed by atoms with Crippen molar-refractivity contribution in [3.8, 4) is 5.75 Å². The average molecular weight is 312 g/mol. The molecule has 22 heavy (non-hydrogen) atoms. The number of nitro benzene ring substituents is 1. The number of anilines is 1. The Morgan fingerprint density at radius 3 is 2.09 bits per heavy atom. The maximum absolute atomic E-state index is 11.5. The Morgan fingerprint density at radius 2 is 1.68 bits per heavy atom. The Morgan fingerprint density at radius 1 is 1.14 bits per heavy atom. The lowest BCUT2D eigenvalue weighted by Crippen LogP contribution is -2.35. The van der Waals surface area contributed by atoms with E-state index in [9.17, 15) is 19.7 Å². The topological polar surface area (TPSA) is 108 Å². The summed E-state index contributed by atoms with van der Waals surface area (Å²) < 4.78 is 14.2. The second-order valence-corrected chi connectivity index (χ2v) is 4.12. The molecular weight excluding hydrogens is 296 g/mol. The molecule has 0 heterocycles. The molecule has 1 aromatic rings. The highest BCUT2D eigenvalue weighted by Gasteiger charge is 2.21. The summed E-state index contributed by atoms with van der Waals surface area (Å²) in [6.45, 7) is -0.473. The van der Waals surface area contributed by atoms with Gasteiger partial charge in [0.05, 0.1) is 38.0 Å². The average Bonchev–Trinajstić information content (AvgIpc) is 2.52. The summed E-state index contributed by atoms with van der Waals surface area (Å²) in [5, 5.41) is 10.8. The van der Waals surface area contributed by atoms with E-state index in [1.165, 1.54) is 44.4 Å². The Kier molecular flexibility index (Phi) is 6.11. The van der Waals surface area contributed by atoms with Crippen LogP contribution in [-0.2, 0) is 19.1 Å². The summed E-state index contributed by atoms with van der Waals surface area (Å²) in [5.74, 6) is -1.00. The van der Waals surface area contributed by atoms with Gasteiger partial charge in [0.15, 0.2) is 0 Å². The Bertz CT molecular complexity index is 556. The van der Waals surface area contributed by atoms with Crippen molar-refractivity contribution in [3.05, 3.63) is 28.3 Å². The van der Waals surface area contributed by atoms with Crippen LogP contribution in [0.2, 0.25) is 0 Å². The standard InChI is InChI=1S/C13H16N2O7/c1-20-11-6-9(15(18)19)4-5-10(11)14(7-12(16)21-2)8-13(17)22-3/h4-6H,7-8H2,1-3H3. The minimum Gasteiger partial charge on any atom is -0.494 e. The fraction of sp³-hybridized carbons (Fsp3) is 0.385. The van der Waals surface area contributed by atoms with Crippen LogP contribution in [0.3, 0.4) is 0 Å². The summed E-state index contributed by atoms with van der Waals surface area (Å²) in [6, 6.07) is 3.85. The highest BCUT2D eigenvalue weighted by Crippen LogP contribution is 2.32. The van der Waals surface area contributed by atoms with E-state index in [1.807, 2.05) is 0 Å². The van der Waals surface area contributed by atoms with Gasteiger partial charge in [-0.3, -0.25) is 19.7 Å². The van der Waals surface area contributed by atoms with E-state index in [-0.39, 0.29) is 24.5 Å². The molecule has 0 saturated carbocycles. The maximum atomic E-state index is 11.5. The second-order valence-electron chi connectivity index (χ2n) is 4.12. The number of carbonyl (C=O) groups is 2. The third kappa shape index (κ3) is 4.33. The van der Waals surface area contributed by atoms with Crippen LogP contribution < -0.4 is 9.64 Å². The number of rotatable bonds is 7. The first-order valence-corrected chi connectivity index (χ1v) is 6.14. The monoisotopic (exact) mass is 312 g/mol. The number of benzene rings is 1. The molecule has 0 atom stereocenters. The van der Waals surface area contributed by atoms with Gasteiger partial charge in [-0.05, 0) is 6.07 Å². The first-order chi connectivity index (χ1) is 10.4. The lowest BCUT2D eigenvalue weighted by molar-refractivity contribution is -0.384. The van der Waals surface area contributed by atoms with E-state index >= 15 is 0 Å². The Hall–Kier alpha value is -2.84. The van der Waals surface area contributed by atoms with Crippen molar-refractivity contribution in [3.63, 3.8) is 0 Å². The predicted molar refractivity (Wildman–Crippen MR) is 75.9 cm³/mol. The van der Waals surface area contributed by atoms with Crippen LogP contribution >= 0.6 is 0 Å². The minimum atomic E-state index is -0.579. The normalized spacial score (nSPS) is 9.77. The molecule has 1 aromatic carbocycles. The molecule has 0 aliphatic carbocycles. The van der Waals surface area contributed by atoms with Crippen LogP contribution in [0.5, 0.6) is 5.75 Å². The SMILES string of the molecule is COC(=O)CN(CC(=O)OC)c1ccc([N+](=O)[O-])cc1OC. The smallest absolute Gasteiger partial charge is 0.325 e. The van der Waals surface area contributed by atoms with Gasteiger partial charge < -0.3 is 19.1 Å². The molecule has 9 heteroatoms. The van der Waals surface area contributed by atoms with Crippen molar-refractivity contribution in [1.82, 2.24) is 0 Å². The van der Waals surface area contributed by atoms with Gasteiger partial charge in [-0.15, -0.1) is 0 Å². The van der Waals surface area contributed by atoms with Crippen molar-refractivity contribution in [2.45, 2.75) is 0 Å². The van der Waals surface area contributed by atoms with Crippen LogP contribution in [-0.4, -0.2) is 51.3 Å². The van der Waals surface area contributed by atoms with E-state index in [0.717, 1.165) is 0 Å². The summed E-state index contributed by atoms with van der Waals surface area (Å²) in [6.07, 6.45) is 0. The third-order valence-electron chi connectivity index (χ3n) is 2.81. The fourth-order valence-electron chi connectivity index (χ4n) is 1.71. The van der Waals surface area contributed by atoms with Crippen LogP contribution in [0.1, 0.15) is 0 Å². The molecule has 0 amide bonds. The highest BCUT2D eigenvalue weighted by molar-refractivity contribution is 5.82. The molecule has 0 unspecified atom stereocenters. The first-order valence-electron chi connectivity index (χ1n) is 6.14. The van der Waals surface area contributed by atoms with Crippen molar-refractivity contribution in [2.75, 3.05) is 39.3 Å². The first kappa shape index (κ1) is 17.2. The second kappa shape index (κ2) is 7.81. The van der Waals surface area contributed by atoms with Crippen LogP contribution in [0.25, 0.3) is 0 Å². The molecule has 0 aliphatic rings. The number of hydrogen-bond acceptors (Lipinski definition) is 8. The van der Waals surface area contributed by atoms with Gasteiger partial charge in [0, 0.05) is 6.07 Å². The van der Waals surface area contributed by atoms with Gasteiger partial charge in [0.1, 0.15) is 18.8 Å². The van der Waals surface area contributed by atoms with E-state index in [0.29, 0.717) is 5.69 Å². The summed E-state index contributed by atoms with van der Waals surface area (Å²) in [4.78, 5) is 34.5. The fourth-order valence-corrected chi connectivity index (χ4v) is 1.71. The lowest BCUT2D eigenvalue weighted by atomic mass is 10.2. The third-order valence-corrected chi connectivity index (χ3v) is 2.81. The molecule has 0 radical (unpaired) electrons. The lowest BCUT2D eigenvalue weighted by Gasteiger charge is -2.23. The van der Waals surface area contributed by atoms with Crippen molar-refractivity contribution in [2.24, 2.45) is 0 Å². The Balaban J connectivity index is 3.19. The summed E-state index contributed by atoms with van der Waals surface area (Å²) >= 11 is 0. The number of hydrogen-bond donors (Lipinski definition) is 0. The number of carbonyl (C=O) groups excluding carboxylic acids is 2. The van der Waals surface area contributed by atoms with E-state index in [4.69, 9.17) is 4.74 Å². The van der Waals surface area contributed by atoms with Crippen LogP contribution in [0.15, 0.2) is 18.2 Å². The zero-order chi connectivity index (χ0) is 16.7. The molecular formula is C13H16N2O7. The van der Waals surface area contributed by atoms with E-state index in [1.54, 1.807) is 0 Å². The molecule has 0 bridgehead atoms. The van der Waals surface area contributed by atoms with Gasteiger partial charge in [-0.2, -0.15) is 0 Å². The predicted octanol–water partition coefficient (Wildman–Crippen LogP) is 0.756. The molecule has 0 spiro atoms. The maximum Gasteiger partial charge on any atom is 0.325 e. The van der Waals surface area contributed by atoms with Gasteiger partial charge in [-0.1, -0.05) is 0 Å². The van der Waals surface area contributed by atoms with Crippen molar-refractivity contribution in [1.29, 1.82) is 0 Å². The van der Waals surface area contributed by atoms with Crippen molar-refractivity contribution < 1.29 is 28.7 Å². The number of esters is 2. The number of ether oxygens (including phenoxy) is 3. The van der Waals surface area contributed by atoms with Crippen molar-refractivity contribution >= 4 is 23.3 Å². The van der Waals surface area contributed by atoms with Crippen LogP contribution in [0, 0.1) is 10.1 Å². The molecule has 0 fully saturated rings. The Labute approximate surface area is 126 Å². The number of methoxy groups -OCH3 is 3. The summed E-state index contributed by atoms with van der Waals surface area (Å²) in [5.41, 5.74) is 0.167. The largest absolute Gasteiger partial charge is 0.494 e. The summed E-state index contributed by atoms with van der Waals surface area (Å²) in [7, 11) is 3.76. The molecule has 0 N–H and O–H groups in total. The minimum absolute atomic E-state index is 0.155. The zero-order valence-electron chi connectivity index (χ0n) is 12.4.